The van der Waals surface area contributed by atoms with Gasteiger partial charge in [0, 0.05) is 13.1 Å². The molecule has 0 spiro atoms. The Morgan fingerprint density at radius 2 is 2.00 bits per heavy atom. The maximum absolute atomic E-state index is 12.3. The number of hydrogen-bond acceptors (Lipinski definition) is 3. The number of piperidine rings is 1. The largest absolute Gasteiger partial charge is 0.393 e. The average molecular weight is 269 g/mol. The highest BCUT2D eigenvalue weighted by Crippen LogP contribution is 2.21. The van der Waals surface area contributed by atoms with E-state index < -0.39 is 10.0 Å². The molecule has 0 bridgehead atoms. The fourth-order valence-corrected chi connectivity index (χ4v) is 3.87. The van der Waals surface area contributed by atoms with E-state index in [9.17, 15) is 13.5 Å². The average Bonchev–Trinajstić information content (AvgIpc) is 2.33. The Morgan fingerprint density at radius 1 is 1.33 bits per heavy atom. The summed E-state index contributed by atoms with van der Waals surface area (Å²) < 4.78 is 26.0. The minimum Gasteiger partial charge on any atom is -0.393 e. The molecule has 0 radical (unpaired) electrons. The highest BCUT2D eigenvalue weighted by molar-refractivity contribution is 7.88. The van der Waals surface area contributed by atoms with Crippen LogP contribution in [-0.4, -0.2) is 37.0 Å². The van der Waals surface area contributed by atoms with Crippen LogP contribution >= 0.6 is 0 Å². The zero-order chi connectivity index (χ0) is 13.2. The molecule has 2 unspecified atom stereocenters. The zero-order valence-corrected chi connectivity index (χ0v) is 11.3. The third-order valence-corrected chi connectivity index (χ3v) is 5.22. The van der Waals surface area contributed by atoms with Gasteiger partial charge in [-0.2, -0.15) is 0 Å². The predicted octanol–water partition coefficient (Wildman–Crippen LogP) is 1.22. The monoisotopic (exact) mass is 269 g/mol. The molecule has 4 nitrogen and oxygen atoms in total. The topological polar surface area (TPSA) is 57.6 Å². The molecule has 1 fully saturated rings. The van der Waals surface area contributed by atoms with Gasteiger partial charge in [-0.3, -0.25) is 0 Å². The standard InChI is InChI=1S/C13H19NO3S/c1-11-9-14(8-7-13(11)15)18(16,17)10-12-5-3-2-4-6-12/h2-6,11,13,15H,7-10H2,1H3. The number of aliphatic hydroxyl groups excluding tert-OH is 1. The lowest BCUT2D eigenvalue weighted by Crippen LogP contribution is -2.45. The summed E-state index contributed by atoms with van der Waals surface area (Å²) in [6.45, 7) is 2.71. The lowest BCUT2D eigenvalue weighted by atomic mass is 9.99. The van der Waals surface area contributed by atoms with Gasteiger partial charge in [0.1, 0.15) is 0 Å². The molecule has 100 valence electrons. The zero-order valence-electron chi connectivity index (χ0n) is 10.5. The van der Waals surface area contributed by atoms with E-state index >= 15 is 0 Å². The Morgan fingerprint density at radius 3 is 2.61 bits per heavy atom. The highest BCUT2D eigenvalue weighted by Gasteiger charge is 2.31. The van der Waals surface area contributed by atoms with E-state index in [0.29, 0.717) is 19.5 Å². The molecule has 1 saturated heterocycles. The van der Waals surface area contributed by atoms with Gasteiger partial charge in [-0.05, 0) is 17.9 Å². The first-order chi connectivity index (χ1) is 8.49. The Labute approximate surface area is 108 Å². The van der Waals surface area contributed by atoms with Crippen LogP contribution in [0.5, 0.6) is 0 Å². The Kier molecular flexibility index (Phi) is 4.04. The van der Waals surface area contributed by atoms with Crippen molar-refractivity contribution in [3.05, 3.63) is 35.9 Å². The molecule has 1 aliphatic rings. The van der Waals surface area contributed by atoms with Crippen molar-refractivity contribution in [2.24, 2.45) is 5.92 Å². The van der Waals surface area contributed by atoms with Crippen LogP contribution in [0.25, 0.3) is 0 Å². The summed E-state index contributed by atoms with van der Waals surface area (Å²) in [4.78, 5) is 0. The first-order valence-electron chi connectivity index (χ1n) is 6.19. The highest BCUT2D eigenvalue weighted by atomic mass is 32.2. The number of benzene rings is 1. The summed E-state index contributed by atoms with van der Waals surface area (Å²) in [6, 6.07) is 9.19. The van der Waals surface area contributed by atoms with Gasteiger partial charge >= 0.3 is 0 Å². The number of nitrogens with zero attached hydrogens (tertiary/aromatic N) is 1. The minimum absolute atomic E-state index is 0.00398. The van der Waals surface area contributed by atoms with Crippen molar-refractivity contribution in [2.75, 3.05) is 13.1 Å². The summed E-state index contributed by atoms with van der Waals surface area (Å²) in [7, 11) is -3.27. The maximum Gasteiger partial charge on any atom is 0.218 e. The van der Waals surface area contributed by atoms with Crippen molar-refractivity contribution in [2.45, 2.75) is 25.2 Å². The molecular formula is C13H19NO3S. The number of hydrogen-bond donors (Lipinski definition) is 1. The lowest BCUT2D eigenvalue weighted by Gasteiger charge is -2.33. The van der Waals surface area contributed by atoms with Crippen molar-refractivity contribution in [3.63, 3.8) is 0 Å². The van der Waals surface area contributed by atoms with Crippen LogP contribution in [0.1, 0.15) is 18.9 Å². The third-order valence-electron chi connectivity index (χ3n) is 3.41. The van der Waals surface area contributed by atoms with Gasteiger partial charge in [0.2, 0.25) is 10.0 Å². The number of aliphatic hydroxyl groups is 1. The molecule has 5 heteroatoms. The molecule has 18 heavy (non-hydrogen) atoms. The molecule has 0 amide bonds. The first kappa shape index (κ1) is 13.5. The molecule has 1 N–H and O–H groups in total. The van der Waals surface area contributed by atoms with Gasteiger partial charge in [0.25, 0.3) is 0 Å². The quantitative estimate of drug-likeness (QED) is 0.897. The molecule has 0 saturated carbocycles. The molecule has 2 atom stereocenters. The van der Waals surface area contributed by atoms with Crippen LogP contribution in [0, 0.1) is 5.92 Å². The van der Waals surface area contributed by atoms with Crippen LogP contribution in [0.4, 0.5) is 0 Å². The second-order valence-corrected chi connectivity index (χ2v) is 6.90. The predicted molar refractivity (Wildman–Crippen MR) is 70.4 cm³/mol. The van der Waals surface area contributed by atoms with Gasteiger partial charge in [0.05, 0.1) is 11.9 Å². The molecule has 1 aromatic rings. The first-order valence-corrected chi connectivity index (χ1v) is 7.80. The Balaban J connectivity index is 2.08. The Bertz CT molecular complexity index is 486. The Hall–Kier alpha value is -0.910. The molecule has 1 aliphatic heterocycles. The molecule has 1 aromatic carbocycles. The number of sulfonamides is 1. The summed E-state index contributed by atoms with van der Waals surface area (Å²) in [5.41, 5.74) is 0.802. The molecule has 0 aromatic heterocycles. The number of rotatable bonds is 3. The van der Waals surface area contributed by atoms with E-state index in [-0.39, 0.29) is 17.8 Å². The van der Waals surface area contributed by atoms with Gasteiger partial charge in [-0.15, -0.1) is 0 Å². The van der Waals surface area contributed by atoms with E-state index in [1.54, 1.807) is 0 Å². The van der Waals surface area contributed by atoms with Gasteiger partial charge < -0.3 is 5.11 Å². The van der Waals surface area contributed by atoms with E-state index in [4.69, 9.17) is 0 Å². The normalized spacial score (nSPS) is 26.1. The van der Waals surface area contributed by atoms with E-state index in [1.807, 2.05) is 37.3 Å². The summed E-state index contributed by atoms with van der Waals surface area (Å²) in [5, 5.41) is 9.63. The van der Waals surface area contributed by atoms with Gasteiger partial charge in [-0.25, -0.2) is 12.7 Å². The van der Waals surface area contributed by atoms with Crippen molar-refractivity contribution in [1.29, 1.82) is 0 Å². The SMILES string of the molecule is CC1CN(S(=O)(=O)Cc2ccccc2)CCC1O. The van der Waals surface area contributed by atoms with E-state index in [2.05, 4.69) is 0 Å². The summed E-state index contributed by atoms with van der Waals surface area (Å²) >= 11 is 0. The molecule has 2 rings (SSSR count). The van der Waals surface area contributed by atoms with Crippen LogP contribution in [0.2, 0.25) is 0 Å². The van der Waals surface area contributed by atoms with E-state index in [1.165, 1.54) is 4.31 Å². The van der Waals surface area contributed by atoms with Crippen LogP contribution in [0.15, 0.2) is 30.3 Å². The fourth-order valence-electron chi connectivity index (χ4n) is 2.22. The second kappa shape index (κ2) is 5.38. The lowest BCUT2D eigenvalue weighted by molar-refractivity contribution is 0.0628. The fraction of sp³-hybridized carbons (Fsp3) is 0.538. The smallest absolute Gasteiger partial charge is 0.218 e. The second-order valence-electron chi connectivity index (χ2n) is 4.93. The van der Waals surface area contributed by atoms with Crippen molar-refractivity contribution >= 4 is 10.0 Å². The minimum atomic E-state index is -3.27. The van der Waals surface area contributed by atoms with Crippen molar-refractivity contribution in [1.82, 2.24) is 4.31 Å². The van der Waals surface area contributed by atoms with Crippen LogP contribution in [0.3, 0.4) is 0 Å². The third kappa shape index (κ3) is 3.10. The van der Waals surface area contributed by atoms with Crippen LogP contribution in [-0.2, 0) is 15.8 Å². The van der Waals surface area contributed by atoms with Gasteiger partial charge in [-0.1, -0.05) is 37.3 Å². The molecule has 1 heterocycles. The molecule has 0 aliphatic carbocycles. The summed E-state index contributed by atoms with van der Waals surface area (Å²) in [5.74, 6) is 0.0423. The maximum atomic E-state index is 12.3. The van der Waals surface area contributed by atoms with Crippen molar-refractivity contribution < 1.29 is 13.5 Å². The summed E-state index contributed by atoms with van der Waals surface area (Å²) in [6.07, 6.45) is 0.142. The van der Waals surface area contributed by atoms with Crippen LogP contribution < -0.4 is 0 Å². The van der Waals surface area contributed by atoms with Crippen molar-refractivity contribution in [3.8, 4) is 0 Å². The molecular weight excluding hydrogens is 250 g/mol. The van der Waals surface area contributed by atoms with Gasteiger partial charge in [0.15, 0.2) is 0 Å². The van der Waals surface area contributed by atoms with E-state index in [0.717, 1.165) is 5.56 Å².